The quantitative estimate of drug-likeness (QED) is 0.236. The molecule has 0 saturated carbocycles. The number of fused-ring (bicyclic) bond motifs is 1. The van der Waals surface area contributed by atoms with Gasteiger partial charge in [0.05, 0.1) is 22.9 Å². The van der Waals surface area contributed by atoms with Gasteiger partial charge in [0.25, 0.3) is 0 Å². The van der Waals surface area contributed by atoms with Crippen molar-refractivity contribution in [3.63, 3.8) is 0 Å². The van der Waals surface area contributed by atoms with Gasteiger partial charge in [-0.05, 0) is 22.8 Å². The van der Waals surface area contributed by atoms with Gasteiger partial charge in [-0.2, -0.15) is 0 Å². The van der Waals surface area contributed by atoms with Crippen LogP contribution in [0.2, 0.25) is 0 Å². The maximum atomic E-state index is 5.11. The maximum absolute atomic E-state index is 5.11. The second kappa shape index (κ2) is 9.47. The lowest BCUT2D eigenvalue weighted by molar-refractivity contribution is 0.935. The molecular formula is C33H25N3. The van der Waals surface area contributed by atoms with Gasteiger partial charge >= 0.3 is 0 Å². The van der Waals surface area contributed by atoms with Crippen LogP contribution in [-0.2, 0) is 7.05 Å². The smallest absolute Gasteiger partial charge is 0.152 e. The van der Waals surface area contributed by atoms with E-state index in [0.29, 0.717) is 0 Å². The molecular weight excluding hydrogens is 438 g/mol. The summed E-state index contributed by atoms with van der Waals surface area (Å²) >= 11 is 0. The minimum atomic E-state index is 0.813. The zero-order valence-corrected chi connectivity index (χ0v) is 20.0. The first-order chi connectivity index (χ1) is 17.8. The summed E-state index contributed by atoms with van der Waals surface area (Å²) in [5.41, 5.74) is 9.83. The van der Waals surface area contributed by atoms with Gasteiger partial charge in [-0.25, -0.2) is 4.98 Å². The Morgan fingerprint density at radius 3 is 1.69 bits per heavy atom. The van der Waals surface area contributed by atoms with Crippen LogP contribution < -0.4 is 0 Å². The molecule has 3 nitrogen and oxygen atoms in total. The molecule has 6 aromatic rings. The van der Waals surface area contributed by atoms with Crippen molar-refractivity contribution in [3.05, 3.63) is 133 Å². The van der Waals surface area contributed by atoms with Crippen LogP contribution in [0, 0.1) is 0 Å². The monoisotopic (exact) mass is 463 g/mol. The van der Waals surface area contributed by atoms with Crippen LogP contribution in [-0.4, -0.2) is 15.8 Å². The summed E-state index contributed by atoms with van der Waals surface area (Å²) in [6.07, 6.45) is 1.88. The number of aryl methyl sites for hydroxylation is 1. The van der Waals surface area contributed by atoms with E-state index in [0.717, 1.165) is 50.4 Å². The largest absolute Gasteiger partial charge is 0.326 e. The van der Waals surface area contributed by atoms with Crippen LogP contribution in [0.25, 0.3) is 44.4 Å². The van der Waals surface area contributed by atoms with Gasteiger partial charge in [0.15, 0.2) is 5.82 Å². The predicted octanol–water partition coefficient (Wildman–Crippen LogP) is 8.32. The lowest BCUT2D eigenvalue weighted by Gasteiger charge is -2.10. The van der Waals surface area contributed by atoms with Crippen molar-refractivity contribution >= 4 is 22.9 Å². The lowest BCUT2D eigenvalue weighted by Crippen LogP contribution is -1.97. The number of hydrogen-bond acceptors (Lipinski definition) is 2. The minimum Gasteiger partial charge on any atom is -0.326 e. The van der Waals surface area contributed by atoms with E-state index in [1.165, 1.54) is 5.56 Å². The molecule has 0 bridgehead atoms. The van der Waals surface area contributed by atoms with E-state index in [4.69, 9.17) is 9.98 Å². The third kappa shape index (κ3) is 4.01. The van der Waals surface area contributed by atoms with E-state index in [1.54, 1.807) is 0 Å². The van der Waals surface area contributed by atoms with Crippen molar-refractivity contribution in [1.82, 2.24) is 9.55 Å². The Labute approximate surface area is 211 Å². The van der Waals surface area contributed by atoms with E-state index in [-0.39, 0.29) is 0 Å². The summed E-state index contributed by atoms with van der Waals surface area (Å²) in [4.78, 5) is 10.0. The molecule has 36 heavy (non-hydrogen) atoms. The van der Waals surface area contributed by atoms with Crippen LogP contribution in [0.4, 0.5) is 5.69 Å². The summed E-state index contributed by atoms with van der Waals surface area (Å²) < 4.78 is 2.15. The van der Waals surface area contributed by atoms with E-state index in [1.807, 2.05) is 36.5 Å². The number of imidazole rings is 1. The van der Waals surface area contributed by atoms with E-state index >= 15 is 0 Å². The van der Waals surface area contributed by atoms with Gasteiger partial charge in [-0.15, -0.1) is 0 Å². The molecule has 3 heteroatoms. The fourth-order valence-corrected chi connectivity index (χ4v) is 4.73. The van der Waals surface area contributed by atoms with Crippen LogP contribution in [0.3, 0.4) is 0 Å². The molecule has 1 heterocycles. The summed E-state index contributed by atoms with van der Waals surface area (Å²) in [5.74, 6) is 0.813. The third-order valence-electron chi connectivity index (χ3n) is 6.53. The van der Waals surface area contributed by atoms with Crippen LogP contribution in [0.1, 0.15) is 5.82 Å². The van der Waals surface area contributed by atoms with Gasteiger partial charge in [-0.3, -0.25) is 4.99 Å². The second-order valence-corrected chi connectivity index (χ2v) is 8.76. The molecule has 0 saturated heterocycles. The number of aromatic nitrogens is 2. The van der Waals surface area contributed by atoms with Gasteiger partial charge in [0.2, 0.25) is 0 Å². The Bertz CT molecular complexity index is 1660. The average Bonchev–Trinajstić information content (AvgIpc) is 3.29. The number of para-hydroxylation sites is 1. The SMILES string of the molecule is Cn1c(C=Nc2ccccc2-c2ccccc2)nc2c(-c3ccccc3)ccc(-c3ccccc3)c21. The highest BCUT2D eigenvalue weighted by atomic mass is 15.1. The molecule has 0 N–H and O–H groups in total. The number of benzene rings is 5. The number of hydrogen-bond donors (Lipinski definition) is 0. The summed E-state index contributed by atoms with van der Waals surface area (Å²) in [6, 6.07) is 43.9. The molecule has 6 rings (SSSR count). The van der Waals surface area contributed by atoms with Gasteiger partial charge < -0.3 is 4.57 Å². The predicted molar refractivity (Wildman–Crippen MR) is 151 cm³/mol. The zero-order chi connectivity index (χ0) is 24.3. The molecule has 0 aliphatic heterocycles. The normalized spacial score (nSPS) is 11.4. The first kappa shape index (κ1) is 21.8. The average molecular weight is 464 g/mol. The minimum absolute atomic E-state index is 0.813. The Morgan fingerprint density at radius 1 is 0.556 bits per heavy atom. The van der Waals surface area contributed by atoms with Gasteiger partial charge in [0, 0.05) is 23.7 Å². The first-order valence-corrected chi connectivity index (χ1v) is 12.1. The van der Waals surface area contributed by atoms with Crippen molar-refractivity contribution < 1.29 is 0 Å². The van der Waals surface area contributed by atoms with Crippen molar-refractivity contribution in [2.45, 2.75) is 0 Å². The highest BCUT2D eigenvalue weighted by Crippen LogP contribution is 2.36. The molecule has 0 fully saturated rings. The maximum Gasteiger partial charge on any atom is 0.152 e. The molecule has 0 aliphatic carbocycles. The molecule has 0 unspecified atom stereocenters. The molecule has 1 aromatic heterocycles. The van der Waals surface area contributed by atoms with Crippen LogP contribution in [0.15, 0.2) is 132 Å². The summed E-state index contributed by atoms with van der Waals surface area (Å²) in [7, 11) is 2.07. The molecule has 172 valence electrons. The third-order valence-corrected chi connectivity index (χ3v) is 6.53. The lowest BCUT2D eigenvalue weighted by atomic mass is 9.98. The Kier molecular flexibility index (Phi) is 5.72. The zero-order valence-electron chi connectivity index (χ0n) is 20.0. The molecule has 0 amide bonds. The molecule has 0 spiro atoms. The number of nitrogens with zero attached hydrogens (tertiary/aromatic N) is 3. The second-order valence-electron chi connectivity index (χ2n) is 8.76. The fourth-order valence-electron chi connectivity index (χ4n) is 4.73. The topological polar surface area (TPSA) is 30.2 Å². The van der Waals surface area contributed by atoms with Gasteiger partial charge in [0.1, 0.15) is 0 Å². The van der Waals surface area contributed by atoms with Crippen molar-refractivity contribution in [2.24, 2.45) is 12.0 Å². The van der Waals surface area contributed by atoms with Crippen molar-refractivity contribution in [1.29, 1.82) is 0 Å². The molecule has 0 atom stereocenters. The number of aliphatic imine (C=N–C) groups is 1. The van der Waals surface area contributed by atoms with Crippen LogP contribution in [0.5, 0.6) is 0 Å². The Hall–Kier alpha value is -4.76. The van der Waals surface area contributed by atoms with Crippen molar-refractivity contribution in [3.8, 4) is 33.4 Å². The first-order valence-electron chi connectivity index (χ1n) is 12.1. The van der Waals surface area contributed by atoms with E-state index in [2.05, 4.69) is 109 Å². The Balaban J connectivity index is 1.52. The van der Waals surface area contributed by atoms with Crippen molar-refractivity contribution in [2.75, 3.05) is 0 Å². The van der Waals surface area contributed by atoms with Crippen LogP contribution >= 0.6 is 0 Å². The Morgan fingerprint density at radius 2 is 1.06 bits per heavy atom. The summed E-state index contributed by atoms with van der Waals surface area (Å²) in [5, 5.41) is 0. The highest BCUT2D eigenvalue weighted by Gasteiger charge is 2.16. The van der Waals surface area contributed by atoms with Gasteiger partial charge in [-0.1, -0.05) is 121 Å². The fraction of sp³-hybridized carbons (Fsp3) is 0.0303. The molecule has 0 aliphatic rings. The number of rotatable bonds is 5. The molecule has 5 aromatic carbocycles. The van der Waals surface area contributed by atoms with E-state index < -0.39 is 0 Å². The van der Waals surface area contributed by atoms with E-state index in [9.17, 15) is 0 Å². The highest BCUT2D eigenvalue weighted by molar-refractivity contribution is 6.03. The standard InChI is InChI=1S/C33H25N3/c1-36-31(23-34-30-20-12-11-19-27(30)24-13-5-2-6-14-24)35-32-28(25-15-7-3-8-16-25)21-22-29(33(32)36)26-17-9-4-10-18-26/h2-23H,1H3. The summed E-state index contributed by atoms with van der Waals surface area (Å²) in [6.45, 7) is 0. The molecule has 0 radical (unpaired) electrons.